The van der Waals surface area contributed by atoms with Crippen LogP contribution in [0, 0.1) is 6.92 Å². The lowest BCUT2D eigenvalue weighted by molar-refractivity contribution is -0.129. The van der Waals surface area contributed by atoms with Crippen molar-refractivity contribution in [3.63, 3.8) is 0 Å². The summed E-state index contributed by atoms with van der Waals surface area (Å²) in [4.78, 5) is 26.4. The van der Waals surface area contributed by atoms with Crippen LogP contribution in [-0.4, -0.2) is 54.4 Å². The van der Waals surface area contributed by atoms with Crippen LogP contribution in [-0.2, 0) is 4.79 Å². The normalized spacial score (nSPS) is 10.0. The third-order valence-corrected chi connectivity index (χ3v) is 2.66. The Balaban J connectivity index is 2.84. The molecule has 0 aliphatic carbocycles. The standard InChI is InChI=1S/C13H18N2O3/c1-9-7-10(16)5-6-11(9)13(18)15(4)8-12(17)14(2)3/h5-7,16H,8H2,1-4H3. The number of rotatable bonds is 3. The van der Waals surface area contributed by atoms with E-state index in [4.69, 9.17) is 0 Å². The molecule has 2 amide bonds. The van der Waals surface area contributed by atoms with Gasteiger partial charge in [0.05, 0.1) is 6.54 Å². The molecule has 0 saturated heterocycles. The minimum atomic E-state index is -0.234. The van der Waals surface area contributed by atoms with E-state index in [9.17, 15) is 14.7 Å². The first-order valence-electron chi connectivity index (χ1n) is 5.58. The smallest absolute Gasteiger partial charge is 0.254 e. The van der Waals surface area contributed by atoms with Crippen molar-refractivity contribution >= 4 is 11.8 Å². The van der Waals surface area contributed by atoms with E-state index in [0.717, 1.165) is 0 Å². The van der Waals surface area contributed by atoms with E-state index >= 15 is 0 Å². The van der Waals surface area contributed by atoms with Gasteiger partial charge in [-0.1, -0.05) is 0 Å². The molecule has 0 heterocycles. The second-order valence-electron chi connectivity index (χ2n) is 4.45. The van der Waals surface area contributed by atoms with E-state index in [-0.39, 0.29) is 24.1 Å². The van der Waals surface area contributed by atoms with Crippen molar-refractivity contribution in [1.29, 1.82) is 0 Å². The van der Waals surface area contributed by atoms with Crippen LogP contribution in [0.3, 0.4) is 0 Å². The molecule has 18 heavy (non-hydrogen) atoms. The minimum absolute atomic E-state index is 0.0339. The number of hydrogen-bond acceptors (Lipinski definition) is 3. The number of carbonyl (C=O) groups excluding carboxylic acids is 2. The third kappa shape index (κ3) is 3.23. The average Bonchev–Trinajstić information content (AvgIpc) is 2.27. The van der Waals surface area contributed by atoms with Crippen LogP contribution in [0.15, 0.2) is 18.2 Å². The van der Waals surface area contributed by atoms with E-state index in [0.29, 0.717) is 11.1 Å². The molecule has 1 N–H and O–H groups in total. The summed E-state index contributed by atoms with van der Waals surface area (Å²) < 4.78 is 0. The Morgan fingerprint density at radius 2 is 1.83 bits per heavy atom. The molecule has 1 rings (SSSR count). The number of aryl methyl sites for hydroxylation is 1. The highest BCUT2D eigenvalue weighted by atomic mass is 16.3. The van der Waals surface area contributed by atoms with Gasteiger partial charge >= 0.3 is 0 Å². The highest BCUT2D eigenvalue weighted by molar-refractivity contribution is 5.97. The van der Waals surface area contributed by atoms with Crippen LogP contribution in [0.1, 0.15) is 15.9 Å². The van der Waals surface area contributed by atoms with Gasteiger partial charge in [-0.3, -0.25) is 9.59 Å². The molecule has 0 fully saturated rings. The van der Waals surface area contributed by atoms with Crippen molar-refractivity contribution < 1.29 is 14.7 Å². The monoisotopic (exact) mass is 250 g/mol. The summed E-state index contributed by atoms with van der Waals surface area (Å²) in [5.41, 5.74) is 1.17. The Labute approximate surface area is 107 Å². The number of amides is 2. The van der Waals surface area contributed by atoms with Crippen LogP contribution < -0.4 is 0 Å². The molecule has 1 aromatic rings. The van der Waals surface area contributed by atoms with Gasteiger partial charge in [0.1, 0.15) is 5.75 Å². The van der Waals surface area contributed by atoms with E-state index in [1.54, 1.807) is 34.1 Å². The maximum absolute atomic E-state index is 12.1. The average molecular weight is 250 g/mol. The number of aromatic hydroxyl groups is 1. The number of carbonyl (C=O) groups is 2. The van der Waals surface area contributed by atoms with Crippen molar-refractivity contribution in [3.05, 3.63) is 29.3 Å². The SMILES string of the molecule is Cc1cc(O)ccc1C(=O)N(C)CC(=O)N(C)C. The van der Waals surface area contributed by atoms with Crippen LogP contribution in [0.2, 0.25) is 0 Å². The molecule has 0 saturated carbocycles. The molecular formula is C13H18N2O3. The molecular weight excluding hydrogens is 232 g/mol. The van der Waals surface area contributed by atoms with Crippen LogP contribution >= 0.6 is 0 Å². The lowest BCUT2D eigenvalue weighted by Crippen LogP contribution is -2.38. The number of nitrogens with zero attached hydrogens (tertiary/aromatic N) is 2. The number of hydrogen-bond donors (Lipinski definition) is 1. The zero-order valence-corrected chi connectivity index (χ0v) is 11.1. The molecule has 5 nitrogen and oxygen atoms in total. The molecule has 5 heteroatoms. The Bertz CT molecular complexity index is 469. The van der Waals surface area contributed by atoms with Gasteiger partial charge in [0.25, 0.3) is 5.91 Å². The number of phenols is 1. The number of likely N-dealkylation sites (N-methyl/N-ethyl adjacent to an activating group) is 2. The molecule has 0 bridgehead atoms. The van der Waals surface area contributed by atoms with Gasteiger partial charge in [0, 0.05) is 26.7 Å². The summed E-state index contributed by atoms with van der Waals surface area (Å²) in [6, 6.07) is 4.54. The number of phenolic OH excluding ortho intramolecular Hbond substituents is 1. The highest BCUT2D eigenvalue weighted by Crippen LogP contribution is 2.16. The van der Waals surface area contributed by atoms with Gasteiger partial charge in [-0.05, 0) is 30.7 Å². The van der Waals surface area contributed by atoms with Crippen LogP contribution in [0.4, 0.5) is 0 Å². The molecule has 0 aliphatic rings. The maximum atomic E-state index is 12.1. The molecule has 0 aliphatic heterocycles. The second-order valence-corrected chi connectivity index (χ2v) is 4.45. The topological polar surface area (TPSA) is 60.9 Å². The highest BCUT2D eigenvalue weighted by Gasteiger charge is 2.17. The van der Waals surface area contributed by atoms with Crippen LogP contribution in [0.25, 0.3) is 0 Å². The van der Waals surface area contributed by atoms with Crippen molar-refractivity contribution in [2.24, 2.45) is 0 Å². The van der Waals surface area contributed by atoms with Gasteiger partial charge in [-0.2, -0.15) is 0 Å². The van der Waals surface area contributed by atoms with E-state index in [2.05, 4.69) is 0 Å². The predicted molar refractivity (Wildman–Crippen MR) is 68.5 cm³/mol. The summed E-state index contributed by atoms with van der Waals surface area (Å²) in [7, 11) is 4.87. The van der Waals surface area contributed by atoms with Gasteiger partial charge < -0.3 is 14.9 Å². The molecule has 0 atom stereocenters. The van der Waals surface area contributed by atoms with Crippen LogP contribution in [0.5, 0.6) is 5.75 Å². The van der Waals surface area contributed by atoms with Gasteiger partial charge in [-0.25, -0.2) is 0 Å². The summed E-state index contributed by atoms with van der Waals surface area (Å²) >= 11 is 0. The fourth-order valence-electron chi connectivity index (χ4n) is 1.51. The molecule has 0 unspecified atom stereocenters. The Hall–Kier alpha value is -2.04. The Kier molecular flexibility index (Phi) is 4.31. The lowest BCUT2D eigenvalue weighted by atomic mass is 10.1. The summed E-state index contributed by atoms with van der Waals surface area (Å²) in [6.07, 6.45) is 0. The Morgan fingerprint density at radius 3 is 2.33 bits per heavy atom. The van der Waals surface area contributed by atoms with E-state index in [1.165, 1.54) is 21.9 Å². The molecule has 1 aromatic carbocycles. The van der Waals surface area contributed by atoms with Crippen molar-refractivity contribution in [2.75, 3.05) is 27.7 Å². The number of benzene rings is 1. The molecule has 0 spiro atoms. The van der Waals surface area contributed by atoms with E-state index < -0.39 is 0 Å². The van der Waals surface area contributed by atoms with Crippen molar-refractivity contribution in [1.82, 2.24) is 9.80 Å². The lowest BCUT2D eigenvalue weighted by Gasteiger charge is -2.20. The summed E-state index contributed by atoms with van der Waals surface area (Å²) in [5.74, 6) is -0.249. The maximum Gasteiger partial charge on any atom is 0.254 e. The summed E-state index contributed by atoms with van der Waals surface area (Å²) in [6.45, 7) is 1.78. The predicted octanol–water partition coefficient (Wildman–Crippen LogP) is 0.861. The molecule has 0 aromatic heterocycles. The van der Waals surface area contributed by atoms with Gasteiger partial charge in [0.15, 0.2) is 0 Å². The minimum Gasteiger partial charge on any atom is -0.508 e. The van der Waals surface area contributed by atoms with Crippen molar-refractivity contribution in [2.45, 2.75) is 6.92 Å². The third-order valence-electron chi connectivity index (χ3n) is 2.66. The quantitative estimate of drug-likeness (QED) is 0.865. The second kappa shape index (κ2) is 5.53. The fourth-order valence-corrected chi connectivity index (χ4v) is 1.51. The fraction of sp³-hybridized carbons (Fsp3) is 0.385. The first-order chi connectivity index (χ1) is 8.32. The summed E-state index contributed by atoms with van der Waals surface area (Å²) in [5, 5.41) is 9.29. The van der Waals surface area contributed by atoms with Gasteiger partial charge in [-0.15, -0.1) is 0 Å². The molecule has 0 radical (unpaired) electrons. The van der Waals surface area contributed by atoms with E-state index in [1.807, 2.05) is 0 Å². The Morgan fingerprint density at radius 1 is 1.22 bits per heavy atom. The van der Waals surface area contributed by atoms with Gasteiger partial charge in [0.2, 0.25) is 5.91 Å². The first kappa shape index (κ1) is 14.0. The largest absolute Gasteiger partial charge is 0.508 e. The zero-order chi connectivity index (χ0) is 13.9. The van der Waals surface area contributed by atoms with Crippen molar-refractivity contribution in [3.8, 4) is 5.75 Å². The molecule has 98 valence electrons. The zero-order valence-electron chi connectivity index (χ0n) is 11.1. The first-order valence-corrected chi connectivity index (χ1v) is 5.58.